The number of likely N-dealkylation sites (tertiary alicyclic amines) is 1. The number of nitriles is 1. The van der Waals surface area contributed by atoms with Crippen LogP contribution in [0.3, 0.4) is 0 Å². The summed E-state index contributed by atoms with van der Waals surface area (Å²) in [5.74, 6) is 6.99. The molecule has 2 N–H and O–H groups in total. The Labute approximate surface area is 167 Å². The third-order valence-corrected chi connectivity index (χ3v) is 5.70. The van der Waals surface area contributed by atoms with Gasteiger partial charge in [-0.1, -0.05) is 43.2 Å². The summed E-state index contributed by atoms with van der Waals surface area (Å²) in [5.41, 5.74) is 1.93. The number of rotatable bonds is 3. The molecule has 1 heterocycles. The van der Waals surface area contributed by atoms with Crippen molar-refractivity contribution in [3.8, 4) is 17.9 Å². The number of carbonyl (C=O) groups excluding carboxylic acids is 1. The summed E-state index contributed by atoms with van der Waals surface area (Å²) in [6.07, 6.45) is 6.28. The summed E-state index contributed by atoms with van der Waals surface area (Å²) in [7, 11) is 0. The first kappa shape index (κ1) is 20.2. The molecule has 5 nitrogen and oxygen atoms in total. The second kappa shape index (κ2) is 9.13. The fraction of sp³-hybridized carbons (Fsp3) is 0.565. The minimum atomic E-state index is -0.574. The molecule has 2 fully saturated rings. The molecule has 5 heteroatoms. The third kappa shape index (κ3) is 4.32. The molecule has 28 heavy (non-hydrogen) atoms. The van der Waals surface area contributed by atoms with Gasteiger partial charge in [-0.2, -0.15) is 5.26 Å². The van der Waals surface area contributed by atoms with Gasteiger partial charge >= 0.3 is 6.03 Å². The number of aliphatic hydroxyl groups excluding tert-OH is 1. The van der Waals surface area contributed by atoms with Gasteiger partial charge in [-0.25, -0.2) is 4.79 Å². The number of nitrogens with zero attached hydrogens (tertiary/aromatic N) is 2. The van der Waals surface area contributed by atoms with Crippen LogP contribution < -0.4 is 5.32 Å². The van der Waals surface area contributed by atoms with Gasteiger partial charge < -0.3 is 15.3 Å². The van der Waals surface area contributed by atoms with Crippen molar-refractivity contribution in [1.29, 1.82) is 5.26 Å². The number of aliphatic hydroxyl groups is 1. The van der Waals surface area contributed by atoms with Crippen molar-refractivity contribution in [3.63, 3.8) is 0 Å². The number of hydrogen-bond acceptors (Lipinski definition) is 3. The first-order chi connectivity index (χ1) is 13.5. The zero-order valence-electron chi connectivity index (χ0n) is 16.7. The lowest BCUT2D eigenvalue weighted by atomic mass is 9.76. The maximum atomic E-state index is 12.4. The van der Waals surface area contributed by atoms with E-state index in [0.717, 1.165) is 11.1 Å². The van der Waals surface area contributed by atoms with Gasteiger partial charge in [0, 0.05) is 23.4 Å². The largest absolute Gasteiger partial charge is 0.394 e. The molecular formula is C23H29N3O2. The molecule has 0 aromatic heterocycles. The normalized spacial score (nSPS) is 24.7. The van der Waals surface area contributed by atoms with Crippen molar-refractivity contribution < 1.29 is 9.90 Å². The Bertz CT molecular complexity index is 779. The van der Waals surface area contributed by atoms with E-state index < -0.39 is 6.04 Å². The standard InChI is InChI=1S/C23H29N3O2/c1-16(2)25-23(28)26-20(14-24)22(21(26)15-27)19-12-10-18(11-13-19)9-8-17-6-4-3-5-7-17/h10-13,16-17,20-22,27H,3-7,15H2,1-2H3,(H,25,28)/t20-,21-,22-/m1/s1. The summed E-state index contributed by atoms with van der Waals surface area (Å²) in [4.78, 5) is 13.8. The maximum Gasteiger partial charge on any atom is 0.319 e. The smallest absolute Gasteiger partial charge is 0.319 e. The molecule has 1 saturated heterocycles. The van der Waals surface area contributed by atoms with Crippen molar-refractivity contribution in [3.05, 3.63) is 35.4 Å². The number of hydrogen-bond donors (Lipinski definition) is 2. The van der Waals surface area contributed by atoms with Gasteiger partial charge in [0.15, 0.2) is 0 Å². The molecule has 3 rings (SSSR count). The Hall–Kier alpha value is -2.50. The second-order valence-corrected chi connectivity index (χ2v) is 8.09. The Morgan fingerprint density at radius 2 is 1.93 bits per heavy atom. The van der Waals surface area contributed by atoms with E-state index in [-0.39, 0.29) is 30.6 Å². The van der Waals surface area contributed by atoms with E-state index in [9.17, 15) is 15.2 Å². The van der Waals surface area contributed by atoms with Crippen LogP contribution in [-0.4, -0.2) is 40.8 Å². The van der Waals surface area contributed by atoms with Gasteiger partial charge in [0.05, 0.1) is 18.7 Å². The predicted molar refractivity (Wildman–Crippen MR) is 108 cm³/mol. The lowest BCUT2D eigenvalue weighted by Gasteiger charge is -2.51. The average Bonchev–Trinajstić information content (AvgIpc) is 2.67. The SMILES string of the molecule is CC(C)NC(=O)N1[C@H](C#N)[C@@H](c2ccc(C#CC3CCCCC3)cc2)[C@H]1CO. The van der Waals surface area contributed by atoms with E-state index in [4.69, 9.17) is 0 Å². The van der Waals surface area contributed by atoms with E-state index >= 15 is 0 Å². The molecular weight excluding hydrogens is 350 g/mol. The number of carbonyl (C=O) groups is 1. The minimum Gasteiger partial charge on any atom is -0.394 e. The summed E-state index contributed by atoms with van der Waals surface area (Å²) in [6, 6.07) is 8.85. The van der Waals surface area contributed by atoms with E-state index in [1.807, 2.05) is 38.1 Å². The molecule has 0 unspecified atom stereocenters. The topological polar surface area (TPSA) is 76.4 Å². The van der Waals surface area contributed by atoms with Crippen LogP contribution in [0.1, 0.15) is 63.0 Å². The molecule has 148 valence electrons. The van der Waals surface area contributed by atoms with Crippen LogP contribution in [0.2, 0.25) is 0 Å². The van der Waals surface area contributed by atoms with Crippen LogP contribution in [0, 0.1) is 29.1 Å². The van der Waals surface area contributed by atoms with Gasteiger partial charge in [0.2, 0.25) is 0 Å². The third-order valence-electron chi connectivity index (χ3n) is 5.70. The summed E-state index contributed by atoms with van der Waals surface area (Å²) in [5, 5.41) is 22.2. The number of benzene rings is 1. The highest BCUT2D eigenvalue weighted by Gasteiger charge is 2.51. The summed E-state index contributed by atoms with van der Waals surface area (Å²) in [6.45, 7) is 3.58. The van der Waals surface area contributed by atoms with E-state index in [0.29, 0.717) is 5.92 Å². The van der Waals surface area contributed by atoms with E-state index in [1.54, 1.807) is 0 Å². The van der Waals surface area contributed by atoms with Crippen molar-refractivity contribution in [1.82, 2.24) is 10.2 Å². The fourth-order valence-corrected chi connectivity index (χ4v) is 4.23. The van der Waals surface area contributed by atoms with Crippen LogP contribution in [-0.2, 0) is 0 Å². The van der Waals surface area contributed by atoms with Gasteiger partial charge in [-0.15, -0.1) is 0 Å². The van der Waals surface area contributed by atoms with Crippen molar-refractivity contribution in [2.45, 2.75) is 70.0 Å². The zero-order valence-corrected chi connectivity index (χ0v) is 16.7. The molecule has 1 aromatic rings. The van der Waals surface area contributed by atoms with Crippen LogP contribution in [0.15, 0.2) is 24.3 Å². The molecule has 0 bridgehead atoms. The Kier molecular flexibility index (Phi) is 6.60. The maximum absolute atomic E-state index is 12.4. The lowest BCUT2D eigenvalue weighted by molar-refractivity contribution is 0.0162. The number of nitrogens with one attached hydrogen (secondary N) is 1. The molecule has 1 aliphatic heterocycles. The van der Waals surface area contributed by atoms with Crippen molar-refractivity contribution in [2.24, 2.45) is 5.92 Å². The van der Waals surface area contributed by atoms with Gasteiger partial charge in [-0.05, 0) is 44.4 Å². The molecule has 1 aromatic carbocycles. The minimum absolute atomic E-state index is 0.0211. The lowest BCUT2D eigenvalue weighted by Crippen LogP contribution is -2.67. The highest BCUT2D eigenvalue weighted by atomic mass is 16.3. The molecule has 2 amide bonds. The fourth-order valence-electron chi connectivity index (χ4n) is 4.23. The van der Waals surface area contributed by atoms with E-state index in [2.05, 4.69) is 23.2 Å². The Balaban J connectivity index is 1.71. The van der Waals surface area contributed by atoms with Crippen LogP contribution in [0.5, 0.6) is 0 Å². The molecule has 1 aliphatic carbocycles. The monoisotopic (exact) mass is 379 g/mol. The summed E-state index contributed by atoms with van der Waals surface area (Å²) < 4.78 is 0. The molecule has 0 spiro atoms. The first-order valence-electron chi connectivity index (χ1n) is 10.3. The van der Waals surface area contributed by atoms with Crippen LogP contribution in [0.4, 0.5) is 4.79 Å². The Morgan fingerprint density at radius 1 is 1.25 bits per heavy atom. The average molecular weight is 380 g/mol. The first-order valence-corrected chi connectivity index (χ1v) is 10.3. The highest BCUT2D eigenvalue weighted by molar-refractivity contribution is 5.77. The highest BCUT2D eigenvalue weighted by Crippen LogP contribution is 2.40. The van der Waals surface area contributed by atoms with Gasteiger partial charge in [0.1, 0.15) is 6.04 Å². The van der Waals surface area contributed by atoms with Crippen LogP contribution >= 0.6 is 0 Å². The molecule has 0 radical (unpaired) electrons. The molecule has 1 saturated carbocycles. The second-order valence-electron chi connectivity index (χ2n) is 8.09. The number of urea groups is 1. The number of amides is 2. The van der Waals surface area contributed by atoms with Gasteiger partial charge in [-0.3, -0.25) is 0 Å². The van der Waals surface area contributed by atoms with Crippen LogP contribution in [0.25, 0.3) is 0 Å². The Morgan fingerprint density at radius 3 is 2.50 bits per heavy atom. The van der Waals surface area contributed by atoms with Crippen molar-refractivity contribution >= 4 is 6.03 Å². The quantitative estimate of drug-likeness (QED) is 0.791. The molecule has 3 atom stereocenters. The molecule has 2 aliphatic rings. The van der Waals surface area contributed by atoms with Crippen molar-refractivity contribution in [2.75, 3.05) is 6.61 Å². The van der Waals surface area contributed by atoms with Gasteiger partial charge in [0.25, 0.3) is 0 Å². The van der Waals surface area contributed by atoms with E-state index in [1.165, 1.54) is 37.0 Å². The predicted octanol–water partition coefficient (Wildman–Crippen LogP) is 3.39. The summed E-state index contributed by atoms with van der Waals surface area (Å²) >= 11 is 0. The zero-order chi connectivity index (χ0) is 20.1.